The van der Waals surface area contributed by atoms with E-state index in [2.05, 4.69) is 0 Å². The first-order valence-electron chi connectivity index (χ1n) is 13.7. The number of allylic oxidation sites excluding steroid dienone is 1. The van der Waals surface area contributed by atoms with E-state index in [1.165, 1.54) is 55.5 Å². The fraction of sp³-hybridized carbons (Fsp3) is 0.345. The molecule has 2 aromatic carbocycles. The largest absolute Gasteiger partial charge is 0.595 e. The number of carbonyl (C=O) groups is 5. The number of quaternary nitrogens is 2. The molecule has 3 fully saturated rings. The fourth-order valence-electron chi connectivity index (χ4n) is 7.98. The van der Waals surface area contributed by atoms with Gasteiger partial charge in [-0.3, -0.25) is 19.2 Å². The average molecular weight is 593 g/mol. The summed E-state index contributed by atoms with van der Waals surface area (Å²) in [4.78, 5) is 71.9. The molecule has 3 aliphatic carbocycles. The molecule has 2 aliphatic heterocycles. The van der Waals surface area contributed by atoms with E-state index < -0.39 is 75.1 Å². The molecule has 2 heterocycles. The summed E-state index contributed by atoms with van der Waals surface area (Å²) in [7, 11) is 0. The molecule has 8 atom stereocenters. The van der Waals surface area contributed by atoms with E-state index in [9.17, 15) is 44.8 Å². The van der Waals surface area contributed by atoms with Gasteiger partial charge < -0.3 is 15.2 Å². The Hall–Kier alpha value is -4.31. The first kappa shape index (κ1) is 28.8. The Bertz CT molecular complexity index is 1540. The van der Waals surface area contributed by atoms with Crippen LogP contribution in [0.4, 0.5) is 22.7 Å². The van der Waals surface area contributed by atoms with Crippen molar-refractivity contribution in [2.45, 2.75) is 20.8 Å². The molecule has 0 radical (unpaired) electrons. The highest BCUT2D eigenvalue weighted by atomic mass is 16.8. The quantitative estimate of drug-likeness (QED) is 0.200. The molecule has 43 heavy (non-hydrogen) atoms. The normalized spacial score (nSPS) is 31.0. The SMILES string of the molecule is CCOC(=O)C1=C(C)C2[C@H]3C(=O)N(c4ccccc4[NH+]([O-])O)C(=O)[C@@H]3C1(C)[C@H]1C(=O)N(c3ccccc3[NH+]([O-])O)C(=O)[C@@H]21. The molecule has 2 bridgehead atoms. The van der Waals surface area contributed by atoms with E-state index in [4.69, 9.17) is 4.74 Å². The van der Waals surface area contributed by atoms with Gasteiger partial charge in [-0.25, -0.2) is 25.0 Å². The van der Waals surface area contributed by atoms with Gasteiger partial charge in [0, 0.05) is 29.0 Å². The molecule has 4 unspecified atom stereocenters. The van der Waals surface area contributed by atoms with E-state index in [0.717, 1.165) is 9.80 Å². The number of anilines is 2. The number of ether oxygens (including phenoxy) is 1. The summed E-state index contributed by atoms with van der Waals surface area (Å²) in [5.41, 5.74) is -2.27. The molecule has 0 aromatic heterocycles. The van der Waals surface area contributed by atoms with Gasteiger partial charge in [0.15, 0.2) is 11.4 Å². The summed E-state index contributed by atoms with van der Waals surface area (Å²) in [6.45, 7) is 4.63. The minimum Gasteiger partial charge on any atom is -0.595 e. The van der Waals surface area contributed by atoms with Crippen molar-refractivity contribution < 1.29 is 49.6 Å². The minimum atomic E-state index is -1.72. The number of carbonyl (C=O) groups excluding carboxylic acids is 5. The van der Waals surface area contributed by atoms with Crippen LogP contribution in [-0.2, 0) is 28.7 Å². The number of nitrogens with zero attached hydrogens (tertiary/aromatic N) is 2. The monoisotopic (exact) mass is 592 g/mol. The van der Waals surface area contributed by atoms with Crippen LogP contribution in [0.5, 0.6) is 0 Å². The third kappa shape index (κ3) is 3.65. The average Bonchev–Trinajstić information content (AvgIpc) is 3.39. The molecule has 4 amide bonds. The number of hydrogen-bond donors (Lipinski definition) is 4. The smallest absolute Gasteiger partial charge is 0.334 e. The lowest BCUT2D eigenvalue weighted by molar-refractivity contribution is -0.990. The van der Waals surface area contributed by atoms with Crippen LogP contribution >= 0.6 is 0 Å². The minimum absolute atomic E-state index is 0.0193. The first-order valence-corrected chi connectivity index (χ1v) is 13.7. The van der Waals surface area contributed by atoms with Gasteiger partial charge in [0.1, 0.15) is 11.4 Å². The number of imide groups is 2. The Morgan fingerprint density at radius 3 is 1.63 bits per heavy atom. The summed E-state index contributed by atoms with van der Waals surface area (Å²) in [6.07, 6.45) is 0. The van der Waals surface area contributed by atoms with Crippen LogP contribution in [0.2, 0.25) is 0 Å². The highest BCUT2D eigenvalue weighted by molar-refractivity contribution is 6.28. The molecule has 7 rings (SSSR count). The van der Waals surface area contributed by atoms with Crippen molar-refractivity contribution in [2.24, 2.45) is 35.0 Å². The lowest BCUT2D eigenvalue weighted by Crippen LogP contribution is -2.99. The van der Waals surface area contributed by atoms with Gasteiger partial charge in [0.05, 0.1) is 30.3 Å². The number of para-hydroxylation sites is 4. The van der Waals surface area contributed by atoms with Crippen molar-refractivity contribution in [2.75, 3.05) is 16.4 Å². The molecule has 14 heteroatoms. The van der Waals surface area contributed by atoms with Crippen LogP contribution in [0.15, 0.2) is 59.7 Å². The summed E-state index contributed by atoms with van der Waals surface area (Å²) in [5.74, 6) is -9.95. The molecule has 5 aliphatic rings. The van der Waals surface area contributed by atoms with Crippen molar-refractivity contribution in [3.05, 3.63) is 70.1 Å². The third-order valence-corrected chi connectivity index (χ3v) is 9.43. The predicted octanol–water partition coefficient (Wildman–Crippen LogP) is -0.0659. The molecule has 0 spiro atoms. The topological polar surface area (TPSA) is 197 Å². The molecule has 2 saturated heterocycles. The second-order valence-corrected chi connectivity index (χ2v) is 11.3. The maximum Gasteiger partial charge on any atom is 0.334 e. The van der Waals surface area contributed by atoms with E-state index in [-0.39, 0.29) is 34.9 Å². The van der Waals surface area contributed by atoms with Gasteiger partial charge in [0.25, 0.3) is 0 Å². The molecule has 4 N–H and O–H groups in total. The van der Waals surface area contributed by atoms with Gasteiger partial charge in [-0.15, -0.1) is 0 Å². The Morgan fingerprint density at radius 2 is 1.23 bits per heavy atom. The van der Waals surface area contributed by atoms with Gasteiger partial charge >= 0.3 is 5.97 Å². The lowest BCUT2D eigenvalue weighted by atomic mass is 9.43. The van der Waals surface area contributed by atoms with Crippen LogP contribution in [0.1, 0.15) is 20.8 Å². The number of amides is 4. The Labute approximate surface area is 244 Å². The van der Waals surface area contributed by atoms with E-state index in [0.29, 0.717) is 5.57 Å². The maximum atomic E-state index is 14.3. The van der Waals surface area contributed by atoms with Crippen LogP contribution in [0.3, 0.4) is 0 Å². The molecule has 224 valence electrons. The van der Waals surface area contributed by atoms with Gasteiger partial charge in [-0.2, -0.15) is 10.5 Å². The van der Waals surface area contributed by atoms with E-state index in [1.807, 2.05) is 0 Å². The van der Waals surface area contributed by atoms with Crippen LogP contribution in [0.25, 0.3) is 0 Å². The molecular formula is C29H28N4O10. The van der Waals surface area contributed by atoms with E-state index in [1.54, 1.807) is 13.8 Å². The first-order chi connectivity index (χ1) is 20.4. The van der Waals surface area contributed by atoms with Crippen molar-refractivity contribution in [1.29, 1.82) is 0 Å². The summed E-state index contributed by atoms with van der Waals surface area (Å²) < 4.78 is 5.34. The van der Waals surface area contributed by atoms with Crippen LogP contribution in [-0.4, -0.2) is 46.6 Å². The highest BCUT2D eigenvalue weighted by Crippen LogP contribution is 2.69. The standard InChI is InChI=1S/C29H28N4O10/c1-4-43-28(38)21-13(2)18-19-22(26(36)30(24(19)34)14-9-5-7-11-16(14)32(39)40)29(21,3)23-20(18)25(35)31(27(23)37)15-10-6-8-12-17(15)33(41)42/h5-12,18-20,22-23,32-33,39,41H,4H2,1-3H3/t18?,19-,20+,22-,23-,29?/m1/s1. The molecule has 1 saturated carbocycles. The number of hydrogen-bond acceptors (Lipinski definition) is 10. The summed E-state index contributed by atoms with van der Waals surface area (Å²) >= 11 is 0. The van der Waals surface area contributed by atoms with Gasteiger partial charge in [-0.05, 0) is 26.0 Å². The Kier molecular flexibility index (Phi) is 6.61. The number of nitrogens with one attached hydrogen (secondary N) is 2. The second kappa shape index (κ2) is 9.87. The predicted molar refractivity (Wildman–Crippen MR) is 144 cm³/mol. The van der Waals surface area contributed by atoms with Crippen molar-refractivity contribution in [1.82, 2.24) is 0 Å². The maximum absolute atomic E-state index is 14.3. The highest BCUT2D eigenvalue weighted by Gasteiger charge is 2.77. The van der Waals surface area contributed by atoms with Gasteiger partial charge in [0.2, 0.25) is 23.6 Å². The lowest BCUT2D eigenvalue weighted by Gasteiger charge is -2.55. The Morgan fingerprint density at radius 1 is 0.814 bits per heavy atom. The molecular weight excluding hydrogens is 564 g/mol. The zero-order valence-electron chi connectivity index (χ0n) is 23.3. The number of rotatable bonds is 6. The Balaban J connectivity index is 1.56. The summed E-state index contributed by atoms with van der Waals surface area (Å²) in [5, 5.41) is 40.9. The third-order valence-electron chi connectivity index (χ3n) is 9.43. The zero-order chi connectivity index (χ0) is 31.1. The van der Waals surface area contributed by atoms with Crippen LogP contribution in [0, 0.1) is 45.4 Å². The van der Waals surface area contributed by atoms with Crippen molar-refractivity contribution >= 4 is 52.3 Å². The fourth-order valence-corrected chi connectivity index (χ4v) is 7.98. The molecule has 2 aromatic rings. The number of benzene rings is 2. The second-order valence-electron chi connectivity index (χ2n) is 11.3. The zero-order valence-corrected chi connectivity index (χ0v) is 23.3. The summed E-state index contributed by atoms with van der Waals surface area (Å²) in [6, 6.07) is 11.0. The van der Waals surface area contributed by atoms with Crippen molar-refractivity contribution in [3.63, 3.8) is 0 Å². The van der Waals surface area contributed by atoms with Crippen molar-refractivity contribution in [3.8, 4) is 0 Å². The van der Waals surface area contributed by atoms with Gasteiger partial charge in [-0.1, -0.05) is 36.8 Å². The van der Waals surface area contributed by atoms with E-state index >= 15 is 0 Å². The van der Waals surface area contributed by atoms with Crippen LogP contribution < -0.4 is 20.3 Å². The number of esters is 1. The molecule has 14 nitrogen and oxygen atoms in total.